The van der Waals surface area contributed by atoms with E-state index in [0.29, 0.717) is 0 Å². The number of rotatable bonds is 3. The van der Waals surface area contributed by atoms with Crippen LogP contribution < -0.4 is 0 Å². The van der Waals surface area contributed by atoms with Crippen LogP contribution in [0.15, 0.2) is 0 Å². The Labute approximate surface area is 65.3 Å². The van der Waals surface area contributed by atoms with E-state index in [0.717, 1.165) is 6.92 Å². The summed E-state index contributed by atoms with van der Waals surface area (Å²) in [6, 6.07) is 0. The minimum Gasteiger partial charge on any atom is -0.297 e. The van der Waals surface area contributed by atoms with Crippen LogP contribution in [-0.2, 0) is 14.6 Å². The summed E-state index contributed by atoms with van der Waals surface area (Å²) in [5.41, 5.74) is 0. The van der Waals surface area contributed by atoms with Gasteiger partial charge in [0.2, 0.25) is 0 Å². The van der Waals surface area contributed by atoms with Gasteiger partial charge in [-0.1, -0.05) is 18.5 Å². The first-order chi connectivity index (χ1) is 4.41. The van der Waals surface area contributed by atoms with Gasteiger partial charge in [0, 0.05) is 5.75 Å². The number of halogens is 1. The zero-order chi connectivity index (χ0) is 8.36. The molecule has 3 nitrogen and oxygen atoms in total. The van der Waals surface area contributed by atoms with Crippen molar-refractivity contribution >= 4 is 27.2 Å². The van der Waals surface area contributed by atoms with Gasteiger partial charge in [-0.15, -0.1) is 0 Å². The summed E-state index contributed by atoms with van der Waals surface area (Å²) in [6.45, 7) is 2.61. The van der Waals surface area contributed by atoms with E-state index in [2.05, 4.69) is 0 Å². The smallest absolute Gasteiger partial charge is 0.192 e. The fourth-order valence-electron chi connectivity index (χ4n) is 0.399. The Bertz CT molecular complexity index is 219. The largest absolute Gasteiger partial charge is 0.297 e. The van der Waals surface area contributed by atoms with Crippen molar-refractivity contribution in [3.05, 3.63) is 0 Å². The van der Waals surface area contributed by atoms with Gasteiger partial charge in [0.1, 0.15) is 0 Å². The minimum absolute atomic E-state index is 0.0965. The summed E-state index contributed by atoms with van der Waals surface area (Å²) < 4.78 is 20.2. The summed E-state index contributed by atoms with van der Waals surface area (Å²) in [5.74, 6) is -0.621. The minimum atomic E-state index is -3.38. The van der Waals surface area contributed by atoms with E-state index in [1.807, 2.05) is 0 Å². The van der Waals surface area contributed by atoms with Crippen molar-refractivity contribution in [3.8, 4) is 0 Å². The molecule has 0 aliphatic heterocycles. The molecule has 1 atom stereocenters. The molecule has 0 radical (unpaired) electrons. The normalized spacial score (nSPS) is 14.7. The number of hydrogen-bond acceptors (Lipinski definition) is 3. The molecule has 0 bridgehead atoms. The first-order valence-corrected chi connectivity index (χ1v) is 4.93. The predicted octanol–water partition coefficient (Wildman–Crippen LogP) is 0.575. The number of alkyl halides is 1. The first-order valence-electron chi connectivity index (χ1n) is 2.78. The SMILES string of the molecule is CCS(=O)(=O)[C@@H](Cl)C(C)=O. The third-order valence-corrected chi connectivity index (χ3v) is 3.93. The number of sulfone groups is 1. The predicted molar refractivity (Wildman–Crippen MR) is 39.8 cm³/mol. The molecule has 0 unspecified atom stereocenters. The number of carbonyl (C=O) groups is 1. The molecule has 0 aliphatic rings. The quantitative estimate of drug-likeness (QED) is 0.603. The highest BCUT2D eigenvalue weighted by Crippen LogP contribution is 2.07. The molecule has 0 saturated heterocycles. The van der Waals surface area contributed by atoms with E-state index in [9.17, 15) is 13.2 Å². The van der Waals surface area contributed by atoms with Crippen LogP contribution in [0, 0.1) is 0 Å². The van der Waals surface area contributed by atoms with Gasteiger partial charge in [-0.25, -0.2) is 8.42 Å². The molecule has 0 N–H and O–H groups in total. The van der Waals surface area contributed by atoms with Crippen LogP contribution >= 0.6 is 11.6 Å². The molecule has 0 heterocycles. The standard InChI is InChI=1S/C5H9ClO3S/c1-3-10(8,9)5(6)4(2)7/h5H,3H2,1-2H3/t5-/m1/s1. The molecule has 0 spiro atoms. The molecule has 0 aliphatic carbocycles. The van der Waals surface area contributed by atoms with Crippen molar-refractivity contribution in [2.45, 2.75) is 18.6 Å². The van der Waals surface area contributed by atoms with Crippen LogP contribution in [0.1, 0.15) is 13.8 Å². The summed E-state index contributed by atoms with van der Waals surface area (Å²) >= 11 is 5.27. The average molecular weight is 185 g/mol. The number of carbonyl (C=O) groups excluding carboxylic acids is 1. The Balaban J connectivity index is 4.51. The molecule has 0 amide bonds. The van der Waals surface area contributed by atoms with Crippen molar-refractivity contribution in [2.75, 3.05) is 5.75 Å². The summed E-state index contributed by atoms with van der Waals surface area (Å²) in [5, 5.41) is 0. The molecule has 0 aromatic heterocycles. The highest BCUT2D eigenvalue weighted by molar-refractivity contribution is 7.94. The molecular weight excluding hydrogens is 176 g/mol. The zero-order valence-corrected chi connectivity index (χ0v) is 7.37. The Kier molecular flexibility index (Phi) is 3.31. The Hall–Kier alpha value is -0.0900. The van der Waals surface area contributed by atoms with Crippen molar-refractivity contribution in [1.29, 1.82) is 0 Å². The van der Waals surface area contributed by atoms with Crippen LogP contribution in [-0.4, -0.2) is 24.7 Å². The maximum absolute atomic E-state index is 10.8. The number of Topliss-reactive ketones (excluding diaryl/α,β-unsaturated/α-hetero) is 1. The second-order valence-electron chi connectivity index (χ2n) is 1.88. The molecular formula is C5H9ClO3S. The fraction of sp³-hybridized carbons (Fsp3) is 0.800. The second-order valence-corrected chi connectivity index (χ2v) is 4.95. The van der Waals surface area contributed by atoms with Gasteiger partial charge in [-0.2, -0.15) is 0 Å². The van der Waals surface area contributed by atoms with Crippen LogP contribution in [0.2, 0.25) is 0 Å². The summed E-state index contributed by atoms with van der Waals surface area (Å²) in [4.78, 5) is 10.4. The third kappa shape index (κ3) is 2.27. The molecule has 0 saturated carbocycles. The lowest BCUT2D eigenvalue weighted by Crippen LogP contribution is -2.23. The van der Waals surface area contributed by atoms with Gasteiger partial charge in [0.05, 0.1) is 0 Å². The Morgan fingerprint density at radius 3 is 2.10 bits per heavy atom. The molecule has 10 heavy (non-hydrogen) atoms. The van der Waals surface area contributed by atoms with Crippen LogP contribution in [0.3, 0.4) is 0 Å². The van der Waals surface area contributed by atoms with Crippen molar-refractivity contribution < 1.29 is 13.2 Å². The highest BCUT2D eigenvalue weighted by Gasteiger charge is 2.24. The van der Waals surface area contributed by atoms with Crippen LogP contribution in [0.5, 0.6) is 0 Å². The van der Waals surface area contributed by atoms with E-state index in [-0.39, 0.29) is 5.75 Å². The summed E-state index contributed by atoms with van der Waals surface area (Å²) in [7, 11) is -3.38. The molecule has 0 rings (SSSR count). The van der Waals surface area contributed by atoms with Gasteiger partial charge in [0.25, 0.3) is 0 Å². The lowest BCUT2D eigenvalue weighted by molar-refractivity contribution is -0.115. The second kappa shape index (κ2) is 3.34. The van der Waals surface area contributed by atoms with Crippen molar-refractivity contribution in [1.82, 2.24) is 0 Å². The van der Waals surface area contributed by atoms with E-state index < -0.39 is 20.3 Å². The van der Waals surface area contributed by atoms with E-state index in [4.69, 9.17) is 11.6 Å². The fourth-order valence-corrected chi connectivity index (χ4v) is 1.58. The molecule has 60 valence electrons. The van der Waals surface area contributed by atoms with E-state index >= 15 is 0 Å². The highest BCUT2D eigenvalue weighted by atomic mass is 35.5. The molecule has 0 aromatic rings. The van der Waals surface area contributed by atoms with E-state index in [1.165, 1.54) is 6.92 Å². The third-order valence-electron chi connectivity index (χ3n) is 1.04. The van der Waals surface area contributed by atoms with Crippen molar-refractivity contribution in [3.63, 3.8) is 0 Å². The van der Waals surface area contributed by atoms with Gasteiger partial charge >= 0.3 is 0 Å². The Morgan fingerprint density at radius 1 is 1.60 bits per heavy atom. The molecule has 0 aromatic carbocycles. The van der Waals surface area contributed by atoms with Crippen LogP contribution in [0.25, 0.3) is 0 Å². The Morgan fingerprint density at radius 2 is 2.00 bits per heavy atom. The molecule has 0 fully saturated rings. The number of ketones is 1. The lowest BCUT2D eigenvalue weighted by Gasteiger charge is -2.03. The maximum atomic E-state index is 10.8. The van der Waals surface area contributed by atoms with Gasteiger partial charge < -0.3 is 0 Å². The van der Waals surface area contributed by atoms with Gasteiger partial charge in [0.15, 0.2) is 20.3 Å². The van der Waals surface area contributed by atoms with E-state index in [1.54, 1.807) is 0 Å². The number of hydrogen-bond donors (Lipinski definition) is 0. The van der Waals surface area contributed by atoms with Crippen LogP contribution in [0.4, 0.5) is 0 Å². The average Bonchev–Trinajstić information content (AvgIpc) is 1.86. The maximum Gasteiger partial charge on any atom is 0.192 e. The summed E-state index contributed by atoms with van der Waals surface area (Å²) in [6.07, 6.45) is 0. The topological polar surface area (TPSA) is 51.2 Å². The zero-order valence-electron chi connectivity index (χ0n) is 5.80. The van der Waals surface area contributed by atoms with Crippen molar-refractivity contribution in [2.24, 2.45) is 0 Å². The van der Waals surface area contributed by atoms with Gasteiger partial charge in [-0.3, -0.25) is 4.79 Å². The molecule has 5 heteroatoms. The first kappa shape index (κ1) is 9.91. The monoisotopic (exact) mass is 184 g/mol. The lowest BCUT2D eigenvalue weighted by atomic mass is 10.5. The van der Waals surface area contributed by atoms with Gasteiger partial charge in [-0.05, 0) is 6.92 Å².